The fraction of sp³-hybridized carbons (Fsp3) is 0.900. The molecule has 1 N–H and O–H groups in total. The molecule has 0 bridgehead atoms. The van der Waals surface area contributed by atoms with Gasteiger partial charge in [0.05, 0.1) is 6.10 Å². The first-order valence-electron chi connectivity index (χ1n) is 5.18. The van der Waals surface area contributed by atoms with E-state index in [1.54, 1.807) is 7.11 Å². The lowest BCUT2D eigenvalue weighted by Crippen LogP contribution is -2.46. The van der Waals surface area contributed by atoms with E-state index in [0.29, 0.717) is 12.5 Å². The van der Waals surface area contributed by atoms with Gasteiger partial charge in [-0.3, -0.25) is 9.69 Å². The van der Waals surface area contributed by atoms with Crippen molar-refractivity contribution in [2.75, 3.05) is 20.2 Å². The van der Waals surface area contributed by atoms with Crippen molar-refractivity contribution < 1.29 is 14.6 Å². The van der Waals surface area contributed by atoms with Gasteiger partial charge in [-0.05, 0) is 19.3 Å². The summed E-state index contributed by atoms with van der Waals surface area (Å²) in [5.41, 5.74) is 0. The number of piperidine rings is 1. The fourth-order valence-corrected chi connectivity index (χ4v) is 2.01. The lowest BCUT2D eigenvalue weighted by molar-refractivity contribution is -0.144. The average Bonchev–Trinajstić information content (AvgIpc) is 2.19. The van der Waals surface area contributed by atoms with Crippen molar-refractivity contribution in [3.8, 4) is 0 Å². The molecular formula is C10H19NO3. The Labute approximate surface area is 84.8 Å². The first-order valence-corrected chi connectivity index (χ1v) is 5.18. The van der Waals surface area contributed by atoms with Crippen LogP contribution in [0.2, 0.25) is 0 Å². The Bertz CT molecular complexity index is 188. The van der Waals surface area contributed by atoms with Crippen LogP contribution in [0.1, 0.15) is 26.2 Å². The van der Waals surface area contributed by atoms with E-state index >= 15 is 0 Å². The molecule has 1 fully saturated rings. The number of ether oxygens (including phenoxy) is 1. The van der Waals surface area contributed by atoms with Crippen molar-refractivity contribution in [1.82, 2.24) is 4.90 Å². The molecule has 0 aromatic rings. The minimum atomic E-state index is -0.705. The van der Waals surface area contributed by atoms with Gasteiger partial charge in [-0.15, -0.1) is 0 Å². The van der Waals surface area contributed by atoms with Crippen LogP contribution in [0, 0.1) is 0 Å². The average molecular weight is 201 g/mol. The minimum absolute atomic E-state index is 0.312. The van der Waals surface area contributed by atoms with Gasteiger partial charge in [0.15, 0.2) is 0 Å². The molecule has 1 rings (SSSR count). The Morgan fingerprint density at radius 3 is 2.50 bits per heavy atom. The third-order valence-electron chi connectivity index (χ3n) is 2.92. The highest BCUT2D eigenvalue weighted by Crippen LogP contribution is 2.16. The number of nitrogens with zero attached hydrogens (tertiary/aromatic N) is 1. The zero-order valence-electron chi connectivity index (χ0n) is 8.90. The first kappa shape index (κ1) is 11.5. The summed E-state index contributed by atoms with van der Waals surface area (Å²) in [5.74, 6) is -0.705. The largest absolute Gasteiger partial charge is 0.480 e. The summed E-state index contributed by atoms with van der Waals surface area (Å²) in [6.07, 6.45) is 2.88. The summed E-state index contributed by atoms with van der Waals surface area (Å²) in [6.45, 7) is 3.59. The van der Waals surface area contributed by atoms with Gasteiger partial charge in [0.25, 0.3) is 0 Å². The van der Waals surface area contributed by atoms with Gasteiger partial charge in [-0.2, -0.15) is 0 Å². The Hall–Kier alpha value is -0.610. The summed E-state index contributed by atoms with van der Waals surface area (Å²) in [7, 11) is 1.72. The van der Waals surface area contributed by atoms with E-state index in [2.05, 4.69) is 0 Å². The molecule has 0 saturated carbocycles. The van der Waals surface area contributed by atoms with E-state index in [-0.39, 0.29) is 6.04 Å². The molecule has 0 radical (unpaired) electrons. The van der Waals surface area contributed by atoms with Crippen molar-refractivity contribution >= 4 is 5.97 Å². The summed E-state index contributed by atoms with van der Waals surface area (Å²) in [4.78, 5) is 12.9. The van der Waals surface area contributed by atoms with Crippen molar-refractivity contribution in [3.05, 3.63) is 0 Å². The molecular weight excluding hydrogens is 182 g/mol. The summed E-state index contributed by atoms with van der Waals surface area (Å²) in [5, 5.41) is 8.98. The minimum Gasteiger partial charge on any atom is -0.480 e. The van der Waals surface area contributed by atoms with Crippen LogP contribution >= 0.6 is 0 Å². The molecule has 1 heterocycles. The lowest BCUT2D eigenvalue weighted by Gasteiger charge is -2.34. The molecule has 1 unspecified atom stereocenters. The van der Waals surface area contributed by atoms with Crippen molar-refractivity contribution in [2.24, 2.45) is 0 Å². The van der Waals surface area contributed by atoms with Crippen molar-refractivity contribution in [2.45, 2.75) is 38.3 Å². The molecule has 0 amide bonds. The number of likely N-dealkylation sites (tertiary alicyclic amines) is 1. The van der Waals surface area contributed by atoms with Gasteiger partial charge in [0.1, 0.15) is 6.04 Å². The van der Waals surface area contributed by atoms with Crippen LogP contribution in [0.5, 0.6) is 0 Å². The monoisotopic (exact) mass is 201 g/mol. The van der Waals surface area contributed by atoms with Gasteiger partial charge in [-0.25, -0.2) is 0 Å². The molecule has 0 spiro atoms. The zero-order chi connectivity index (χ0) is 10.6. The molecule has 82 valence electrons. The Morgan fingerprint density at radius 1 is 1.57 bits per heavy atom. The second kappa shape index (κ2) is 5.32. The maximum absolute atomic E-state index is 10.9. The van der Waals surface area contributed by atoms with Gasteiger partial charge in [-0.1, -0.05) is 6.92 Å². The molecule has 1 aliphatic heterocycles. The van der Waals surface area contributed by atoms with Crippen molar-refractivity contribution in [3.63, 3.8) is 0 Å². The van der Waals surface area contributed by atoms with Crippen LogP contribution in [0.25, 0.3) is 0 Å². The van der Waals surface area contributed by atoms with Crippen LogP contribution in [-0.2, 0) is 9.53 Å². The van der Waals surface area contributed by atoms with E-state index in [1.807, 2.05) is 11.8 Å². The molecule has 4 nitrogen and oxygen atoms in total. The van der Waals surface area contributed by atoms with Gasteiger partial charge in [0.2, 0.25) is 0 Å². The molecule has 0 aliphatic carbocycles. The van der Waals surface area contributed by atoms with E-state index in [9.17, 15) is 4.79 Å². The van der Waals surface area contributed by atoms with E-state index < -0.39 is 5.97 Å². The predicted octanol–water partition coefficient (Wildman–Crippen LogP) is 0.960. The number of carboxylic acid groups (broad SMARTS) is 1. The number of methoxy groups -OCH3 is 1. The van der Waals surface area contributed by atoms with Gasteiger partial charge >= 0.3 is 5.97 Å². The molecule has 1 aliphatic rings. The summed E-state index contributed by atoms with van der Waals surface area (Å²) < 4.78 is 5.24. The molecule has 0 aromatic heterocycles. The summed E-state index contributed by atoms with van der Waals surface area (Å²) >= 11 is 0. The zero-order valence-corrected chi connectivity index (χ0v) is 8.90. The Kier molecular flexibility index (Phi) is 4.35. The highest BCUT2D eigenvalue weighted by molar-refractivity contribution is 5.73. The lowest BCUT2D eigenvalue weighted by atomic mass is 10.0. The van der Waals surface area contributed by atoms with Gasteiger partial charge < -0.3 is 9.84 Å². The van der Waals surface area contributed by atoms with Crippen LogP contribution < -0.4 is 0 Å². The van der Waals surface area contributed by atoms with E-state index in [4.69, 9.17) is 9.84 Å². The Balaban J connectivity index is 2.43. The number of aliphatic carboxylic acids is 1. The molecule has 14 heavy (non-hydrogen) atoms. The normalized spacial score (nSPS) is 22.1. The first-order chi connectivity index (χ1) is 6.69. The van der Waals surface area contributed by atoms with Gasteiger partial charge in [0, 0.05) is 20.2 Å². The number of carbonyl (C=O) groups is 1. The molecule has 0 aromatic carbocycles. The second-order valence-electron chi connectivity index (χ2n) is 3.73. The number of carboxylic acids is 1. The quantitative estimate of drug-likeness (QED) is 0.736. The van der Waals surface area contributed by atoms with E-state index in [0.717, 1.165) is 25.9 Å². The van der Waals surface area contributed by atoms with Crippen molar-refractivity contribution in [1.29, 1.82) is 0 Å². The fourth-order valence-electron chi connectivity index (χ4n) is 2.01. The highest BCUT2D eigenvalue weighted by atomic mass is 16.5. The maximum atomic E-state index is 10.9. The number of hydrogen-bond acceptors (Lipinski definition) is 3. The second-order valence-corrected chi connectivity index (χ2v) is 3.73. The van der Waals surface area contributed by atoms with Crippen LogP contribution in [0.15, 0.2) is 0 Å². The SMILES string of the molecule is CCC(C(=O)O)N1CCC(OC)CC1. The summed E-state index contributed by atoms with van der Waals surface area (Å²) in [6, 6.07) is -0.312. The molecule has 1 atom stereocenters. The smallest absolute Gasteiger partial charge is 0.320 e. The van der Waals surface area contributed by atoms with Crippen LogP contribution in [-0.4, -0.2) is 48.3 Å². The number of rotatable bonds is 4. The predicted molar refractivity (Wildman–Crippen MR) is 53.3 cm³/mol. The third-order valence-corrected chi connectivity index (χ3v) is 2.92. The van der Waals surface area contributed by atoms with E-state index in [1.165, 1.54) is 0 Å². The van der Waals surface area contributed by atoms with Crippen LogP contribution in [0.3, 0.4) is 0 Å². The highest BCUT2D eigenvalue weighted by Gasteiger charge is 2.27. The third kappa shape index (κ3) is 2.69. The Morgan fingerprint density at radius 2 is 2.14 bits per heavy atom. The molecule has 1 saturated heterocycles. The standard InChI is InChI=1S/C10H19NO3/c1-3-9(10(12)13)11-6-4-8(14-2)5-7-11/h8-9H,3-7H2,1-2H3,(H,12,13). The maximum Gasteiger partial charge on any atom is 0.320 e. The number of hydrogen-bond donors (Lipinski definition) is 1. The topological polar surface area (TPSA) is 49.8 Å². The molecule has 4 heteroatoms. The van der Waals surface area contributed by atoms with Crippen LogP contribution in [0.4, 0.5) is 0 Å².